The molecule has 2 aromatic rings. The summed E-state index contributed by atoms with van der Waals surface area (Å²) in [5.74, 6) is 1.04. The van der Waals surface area contributed by atoms with Crippen LogP contribution >= 0.6 is 0 Å². The second kappa shape index (κ2) is 4.49. The first-order valence-electron chi connectivity index (χ1n) is 5.89. The lowest BCUT2D eigenvalue weighted by atomic mass is 9.98. The molecule has 0 spiro atoms. The largest absolute Gasteiger partial charge is 0.488 e. The van der Waals surface area contributed by atoms with Crippen molar-refractivity contribution in [2.24, 2.45) is 0 Å². The number of benzene rings is 2. The van der Waals surface area contributed by atoms with Gasteiger partial charge in [0.1, 0.15) is 17.9 Å². The van der Waals surface area contributed by atoms with Crippen molar-refractivity contribution in [3.63, 3.8) is 0 Å². The summed E-state index contributed by atoms with van der Waals surface area (Å²) in [5.41, 5.74) is 2.62. The van der Waals surface area contributed by atoms with Gasteiger partial charge >= 0.3 is 5.78 Å². The third-order valence-electron chi connectivity index (χ3n) is 2.97. The molecule has 0 unspecified atom stereocenters. The van der Waals surface area contributed by atoms with E-state index in [1.807, 2.05) is 60.7 Å². The molecular weight excluding hydrogens is 224 g/mol. The number of fused-ring (bicyclic) bond motifs is 1. The number of para-hydroxylation sites is 1. The molecule has 1 aliphatic heterocycles. The fourth-order valence-corrected chi connectivity index (χ4v) is 2.05. The SMILES string of the molecule is [OH+]=C1/C(=C/c2ccccc2)COc2ccccc21. The van der Waals surface area contributed by atoms with Gasteiger partial charge in [-0.1, -0.05) is 42.5 Å². The van der Waals surface area contributed by atoms with Crippen molar-refractivity contribution in [2.75, 3.05) is 6.61 Å². The average molecular weight is 237 g/mol. The van der Waals surface area contributed by atoms with Crippen LogP contribution in [0.25, 0.3) is 6.08 Å². The normalized spacial score (nSPS) is 16.2. The van der Waals surface area contributed by atoms with E-state index < -0.39 is 0 Å². The van der Waals surface area contributed by atoms with Gasteiger partial charge in [0.2, 0.25) is 0 Å². The number of hydrogen-bond donors (Lipinski definition) is 0. The van der Waals surface area contributed by atoms with Gasteiger partial charge in [-0.3, -0.25) is 4.79 Å². The highest BCUT2D eigenvalue weighted by Gasteiger charge is 2.28. The van der Waals surface area contributed by atoms with Crippen molar-refractivity contribution in [3.05, 3.63) is 71.3 Å². The zero-order chi connectivity index (χ0) is 12.4. The molecule has 2 nitrogen and oxygen atoms in total. The fraction of sp³-hybridized carbons (Fsp3) is 0.0625. The molecule has 1 heterocycles. The van der Waals surface area contributed by atoms with Crippen LogP contribution in [0.15, 0.2) is 60.2 Å². The Morgan fingerprint density at radius 3 is 2.50 bits per heavy atom. The lowest BCUT2D eigenvalue weighted by molar-refractivity contribution is 0.349. The van der Waals surface area contributed by atoms with Gasteiger partial charge in [-0.2, -0.15) is 0 Å². The van der Waals surface area contributed by atoms with Gasteiger partial charge < -0.3 is 4.74 Å². The summed E-state index contributed by atoms with van der Waals surface area (Å²) in [6, 6.07) is 17.4. The average Bonchev–Trinajstić information content (AvgIpc) is 2.43. The van der Waals surface area contributed by atoms with Crippen LogP contribution < -0.4 is 4.74 Å². The summed E-state index contributed by atoms with van der Waals surface area (Å²) in [6.07, 6.45) is 1.95. The second-order valence-corrected chi connectivity index (χ2v) is 4.21. The molecule has 1 N–H and O–H groups in total. The van der Waals surface area contributed by atoms with Crippen LogP contribution in [0.2, 0.25) is 0 Å². The highest BCUT2D eigenvalue weighted by atomic mass is 16.5. The molecule has 0 amide bonds. The highest BCUT2D eigenvalue weighted by molar-refractivity contribution is 6.14. The van der Waals surface area contributed by atoms with E-state index in [4.69, 9.17) is 4.74 Å². The number of hydrogen-bond acceptors (Lipinski definition) is 1. The van der Waals surface area contributed by atoms with Crippen LogP contribution in [0, 0.1) is 0 Å². The number of rotatable bonds is 1. The number of ether oxygens (including phenoxy) is 1. The van der Waals surface area contributed by atoms with Crippen molar-refractivity contribution < 1.29 is 9.53 Å². The molecule has 0 fully saturated rings. The van der Waals surface area contributed by atoms with E-state index in [2.05, 4.69) is 0 Å². The van der Waals surface area contributed by atoms with Gasteiger partial charge in [-0.25, -0.2) is 0 Å². The minimum atomic E-state index is 0.306. The van der Waals surface area contributed by atoms with E-state index in [0.29, 0.717) is 12.4 Å². The Labute approximate surface area is 106 Å². The van der Waals surface area contributed by atoms with Crippen LogP contribution in [0.4, 0.5) is 0 Å². The molecule has 2 heteroatoms. The Balaban J connectivity index is 1.98. The van der Waals surface area contributed by atoms with Crippen molar-refractivity contribution >= 4 is 11.9 Å². The summed E-state index contributed by atoms with van der Waals surface area (Å²) in [5, 5.41) is 0. The molecule has 0 bridgehead atoms. The Morgan fingerprint density at radius 1 is 0.944 bits per heavy atom. The molecule has 0 saturated heterocycles. The molecule has 18 heavy (non-hydrogen) atoms. The van der Waals surface area contributed by atoms with Gasteiger partial charge in [0.15, 0.2) is 0 Å². The van der Waals surface area contributed by atoms with E-state index in [1.165, 1.54) is 0 Å². The highest BCUT2D eigenvalue weighted by Crippen LogP contribution is 2.26. The number of carbonyl (C=O) groups excluding carboxylic acids is 1. The predicted molar refractivity (Wildman–Crippen MR) is 72.4 cm³/mol. The van der Waals surface area contributed by atoms with Crippen LogP contribution in [0.1, 0.15) is 11.1 Å². The smallest absolute Gasteiger partial charge is 0.357 e. The summed E-state index contributed by atoms with van der Waals surface area (Å²) in [4.78, 5) is 10.3. The third-order valence-corrected chi connectivity index (χ3v) is 2.97. The summed E-state index contributed by atoms with van der Waals surface area (Å²) in [7, 11) is 0. The first-order chi connectivity index (χ1) is 8.84. The van der Waals surface area contributed by atoms with Gasteiger partial charge in [-0.15, -0.1) is 0 Å². The lowest BCUT2D eigenvalue weighted by Crippen LogP contribution is -2.19. The van der Waals surface area contributed by atoms with Crippen molar-refractivity contribution in [1.29, 1.82) is 0 Å². The van der Waals surface area contributed by atoms with Crippen LogP contribution in [-0.4, -0.2) is 17.2 Å². The zero-order valence-corrected chi connectivity index (χ0v) is 9.84. The minimum Gasteiger partial charge on any atom is -0.488 e. The molecule has 0 saturated carbocycles. The maximum absolute atomic E-state index is 10.3. The summed E-state index contributed by atoms with van der Waals surface area (Å²) >= 11 is 0. The quantitative estimate of drug-likeness (QED) is 0.554. The molecule has 0 radical (unpaired) electrons. The first kappa shape index (κ1) is 10.8. The second-order valence-electron chi connectivity index (χ2n) is 4.21. The number of ketones is 1. The van der Waals surface area contributed by atoms with Crippen LogP contribution in [-0.2, 0) is 0 Å². The Morgan fingerprint density at radius 2 is 1.67 bits per heavy atom. The van der Waals surface area contributed by atoms with Crippen LogP contribution in [0.3, 0.4) is 0 Å². The van der Waals surface area contributed by atoms with Gasteiger partial charge in [0.05, 0.1) is 5.57 Å². The summed E-state index contributed by atoms with van der Waals surface area (Å²) in [6.45, 7) is 0.401. The fourth-order valence-electron chi connectivity index (χ4n) is 2.05. The Hall–Kier alpha value is -2.35. The minimum absolute atomic E-state index is 0.306. The van der Waals surface area contributed by atoms with Gasteiger partial charge in [0.25, 0.3) is 0 Å². The van der Waals surface area contributed by atoms with Crippen molar-refractivity contribution in [3.8, 4) is 5.75 Å². The zero-order valence-electron chi connectivity index (χ0n) is 9.84. The molecule has 0 aromatic heterocycles. The topological polar surface area (TPSA) is 30.6 Å². The summed E-state index contributed by atoms with van der Waals surface area (Å²) < 4.78 is 5.63. The van der Waals surface area contributed by atoms with Gasteiger partial charge in [0, 0.05) is 0 Å². The Kier molecular flexibility index (Phi) is 2.69. The molecule has 0 aliphatic carbocycles. The van der Waals surface area contributed by atoms with E-state index in [-0.39, 0.29) is 0 Å². The molecule has 2 aromatic carbocycles. The maximum atomic E-state index is 10.3. The molecular formula is C16H13O2+. The molecule has 3 rings (SSSR count). The molecule has 88 valence electrons. The monoisotopic (exact) mass is 237 g/mol. The first-order valence-corrected chi connectivity index (χ1v) is 5.89. The lowest BCUT2D eigenvalue weighted by Gasteiger charge is -2.15. The third kappa shape index (κ3) is 1.93. The van der Waals surface area contributed by atoms with E-state index in [0.717, 1.165) is 22.4 Å². The van der Waals surface area contributed by atoms with Crippen molar-refractivity contribution in [1.82, 2.24) is 0 Å². The van der Waals surface area contributed by atoms with E-state index in [1.54, 1.807) is 0 Å². The maximum Gasteiger partial charge on any atom is 0.357 e. The molecule has 1 aliphatic rings. The standard InChI is InChI=1S/C16H12O2/c17-16-13(10-12-6-2-1-3-7-12)11-18-15-9-5-4-8-14(15)16/h1-10H,11H2/p+1/b13-10+. The van der Waals surface area contributed by atoms with E-state index in [9.17, 15) is 4.79 Å². The van der Waals surface area contributed by atoms with E-state index >= 15 is 0 Å². The molecule has 0 atom stereocenters. The van der Waals surface area contributed by atoms with Gasteiger partial charge in [-0.05, 0) is 23.8 Å². The Bertz CT molecular complexity index is 612. The van der Waals surface area contributed by atoms with Crippen molar-refractivity contribution in [2.45, 2.75) is 0 Å². The predicted octanol–water partition coefficient (Wildman–Crippen LogP) is 3.06. The van der Waals surface area contributed by atoms with Crippen LogP contribution in [0.5, 0.6) is 5.75 Å².